The van der Waals surface area contributed by atoms with Crippen molar-refractivity contribution in [1.29, 1.82) is 0 Å². The van der Waals surface area contributed by atoms with Gasteiger partial charge in [0.05, 0.1) is 0 Å². The molecular formula is C8H11NO3. The van der Waals surface area contributed by atoms with E-state index in [-0.39, 0.29) is 17.4 Å². The summed E-state index contributed by atoms with van der Waals surface area (Å²) in [5.74, 6) is -0.352. The molecule has 0 unspecified atom stereocenters. The highest BCUT2D eigenvalue weighted by molar-refractivity contribution is 5.90. The highest BCUT2D eigenvalue weighted by Gasteiger charge is 2.03. The van der Waals surface area contributed by atoms with Crippen LogP contribution in [0.4, 0.5) is 0 Å². The molecule has 0 aliphatic heterocycles. The normalized spacial score (nSPS) is 10.3. The molecule has 0 heterocycles. The van der Waals surface area contributed by atoms with Crippen molar-refractivity contribution in [3.8, 4) is 0 Å². The summed E-state index contributed by atoms with van der Waals surface area (Å²) in [7, 11) is 0. The van der Waals surface area contributed by atoms with Crippen LogP contribution >= 0.6 is 0 Å². The second kappa shape index (κ2) is 5.15. The second-order valence-electron chi connectivity index (χ2n) is 1.96. The maximum atomic E-state index is 10.6. The van der Waals surface area contributed by atoms with E-state index in [9.17, 15) is 4.79 Å². The van der Waals surface area contributed by atoms with Gasteiger partial charge in [-0.2, -0.15) is 0 Å². The van der Waals surface area contributed by atoms with Crippen LogP contribution in [-0.4, -0.2) is 11.0 Å². The van der Waals surface area contributed by atoms with Crippen molar-refractivity contribution in [2.24, 2.45) is 0 Å². The number of Topliss-reactive ketones (excluding diaryl/α,β-unsaturated/α-hetero) is 1. The van der Waals surface area contributed by atoms with Crippen LogP contribution in [-0.2, 0) is 9.53 Å². The third-order valence-electron chi connectivity index (χ3n) is 1.01. The van der Waals surface area contributed by atoms with Gasteiger partial charge in [-0.3, -0.25) is 10.0 Å². The fraction of sp³-hybridized carbons (Fsp3) is 0.125. The topological polar surface area (TPSA) is 58.6 Å². The van der Waals surface area contributed by atoms with Gasteiger partial charge in [0.1, 0.15) is 0 Å². The van der Waals surface area contributed by atoms with Gasteiger partial charge < -0.3 is 4.74 Å². The molecule has 0 atom stereocenters. The Balaban J connectivity index is 4.21. The lowest BCUT2D eigenvalue weighted by molar-refractivity contribution is -0.116. The van der Waals surface area contributed by atoms with Gasteiger partial charge in [0.25, 0.3) is 0 Å². The molecule has 0 aromatic rings. The molecule has 0 amide bonds. The molecule has 0 aliphatic carbocycles. The van der Waals surface area contributed by atoms with Crippen LogP contribution in [0, 0.1) is 0 Å². The molecule has 0 bridgehead atoms. The molecule has 4 nitrogen and oxygen atoms in total. The number of hydrogen-bond donors (Lipinski definition) is 2. The molecule has 4 heteroatoms. The fourth-order valence-electron chi connectivity index (χ4n) is 0.406. The molecule has 0 fully saturated rings. The molecule has 0 spiro atoms. The van der Waals surface area contributed by atoms with Gasteiger partial charge in [-0.25, -0.2) is 5.48 Å². The quantitative estimate of drug-likeness (QED) is 0.280. The Morgan fingerprint density at radius 2 is 2.25 bits per heavy atom. The maximum absolute atomic E-state index is 10.6. The summed E-state index contributed by atoms with van der Waals surface area (Å²) in [6.45, 7) is 8.02. The predicted octanol–water partition coefficient (Wildman–Crippen LogP) is 1.11. The molecule has 2 N–H and O–H groups in total. The molecule has 12 heavy (non-hydrogen) atoms. The van der Waals surface area contributed by atoms with Crippen molar-refractivity contribution < 1.29 is 14.7 Å². The first-order chi connectivity index (χ1) is 5.61. The molecule has 0 radical (unpaired) electrons. The average molecular weight is 169 g/mol. The number of ether oxygens (including phenoxy) is 1. The minimum absolute atomic E-state index is 0.00481. The highest BCUT2D eigenvalue weighted by atomic mass is 16.6. The van der Waals surface area contributed by atoms with Crippen molar-refractivity contribution in [2.45, 2.75) is 6.92 Å². The van der Waals surface area contributed by atoms with Gasteiger partial charge >= 0.3 is 0 Å². The number of ketones is 1. The smallest absolute Gasteiger partial charge is 0.216 e. The zero-order valence-electron chi connectivity index (χ0n) is 6.83. The molecular weight excluding hydrogens is 158 g/mol. The highest BCUT2D eigenvalue weighted by Crippen LogP contribution is 2.01. The number of hydroxylamine groups is 1. The first-order valence-corrected chi connectivity index (χ1v) is 3.22. The van der Waals surface area contributed by atoms with Crippen molar-refractivity contribution in [2.75, 3.05) is 0 Å². The minimum Gasteiger partial charge on any atom is -0.436 e. The lowest BCUT2D eigenvalue weighted by Gasteiger charge is -2.06. The number of carbonyl (C=O) groups is 1. The minimum atomic E-state index is -0.305. The first-order valence-electron chi connectivity index (χ1n) is 3.22. The lowest BCUT2D eigenvalue weighted by atomic mass is 10.4. The van der Waals surface area contributed by atoms with Crippen LogP contribution in [0.25, 0.3) is 0 Å². The molecule has 66 valence electrons. The van der Waals surface area contributed by atoms with Crippen molar-refractivity contribution in [3.05, 3.63) is 37.0 Å². The Morgan fingerprint density at radius 3 is 2.58 bits per heavy atom. The number of carbonyl (C=O) groups excluding carboxylic acids is 1. The summed E-state index contributed by atoms with van der Waals surface area (Å²) >= 11 is 0. The maximum Gasteiger partial charge on any atom is 0.216 e. The lowest BCUT2D eigenvalue weighted by Crippen LogP contribution is -2.12. The third-order valence-corrected chi connectivity index (χ3v) is 1.01. The fourth-order valence-corrected chi connectivity index (χ4v) is 0.406. The van der Waals surface area contributed by atoms with Gasteiger partial charge in [-0.1, -0.05) is 19.2 Å². The van der Waals surface area contributed by atoms with Crippen molar-refractivity contribution >= 4 is 5.78 Å². The molecule has 0 aromatic carbocycles. The summed E-state index contributed by atoms with van der Waals surface area (Å²) in [5, 5.41) is 8.44. The van der Waals surface area contributed by atoms with E-state index in [1.54, 1.807) is 5.48 Å². The van der Waals surface area contributed by atoms with E-state index >= 15 is 0 Å². The largest absolute Gasteiger partial charge is 0.436 e. The van der Waals surface area contributed by atoms with Gasteiger partial charge in [0, 0.05) is 6.92 Å². The molecule has 0 aliphatic rings. The Bertz CT molecular complexity index is 230. The Kier molecular flexibility index (Phi) is 4.48. The second-order valence-corrected chi connectivity index (χ2v) is 1.96. The standard InChI is InChI=1S/C8H11NO3/c1-4-5-8(9-11)12-7(3)6(2)10/h4-5,9,11H,1,3H2,2H3/b8-5-. The van der Waals surface area contributed by atoms with E-state index in [1.807, 2.05) is 0 Å². The van der Waals surface area contributed by atoms with Crippen LogP contribution in [0.2, 0.25) is 0 Å². The van der Waals surface area contributed by atoms with Crippen LogP contribution < -0.4 is 5.48 Å². The van der Waals surface area contributed by atoms with Crippen LogP contribution in [0.3, 0.4) is 0 Å². The van der Waals surface area contributed by atoms with E-state index in [2.05, 4.69) is 13.2 Å². The molecule has 0 aromatic heterocycles. The number of allylic oxidation sites excluding steroid dienone is 3. The Morgan fingerprint density at radius 1 is 1.67 bits per heavy atom. The SMILES string of the molecule is C=C/C=C(/NO)OC(=C)C(C)=O. The van der Waals surface area contributed by atoms with Gasteiger partial charge in [-0.05, 0) is 6.08 Å². The van der Waals surface area contributed by atoms with Crippen LogP contribution in [0.5, 0.6) is 0 Å². The Hall–Kier alpha value is -1.55. The summed E-state index contributed by atoms with van der Waals surface area (Å²) in [6, 6.07) is 0. The summed E-state index contributed by atoms with van der Waals surface area (Å²) in [4.78, 5) is 10.6. The van der Waals surface area contributed by atoms with Crippen LogP contribution in [0.15, 0.2) is 37.0 Å². The monoisotopic (exact) mass is 169 g/mol. The summed E-state index contributed by atoms with van der Waals surface area (Å²) < 4.78 is 4.79. The van der Waals surface area contributed by atoms with Crippen molar-refractivity contribution in [1.82, 2.24) is 5.48 Å². The Labute approximate surface area is 70.8 Å². The summed E-state index contributed by atoms with van der Waals surface area (Å²) in [5.41, 5.74) is 1.74. The first kappa shape index (κ1) is 10.5. The molecule has 0 saturated heterocycles. The molecule has 0 rings (SSSR count). The van der Waals surface area contributed by atoms with E-state index in [4.69, 9.17) is 9.94 Å². The van der Waals surface area contributed by atoms with Crippen molar-refractivity contribution in [3.63, 3.8) is 0 Å². The number of nitrogens with one attached hydrogen (secondary N) is 1. The number of hydrogen-bond acceptors (Lipinski definition) is 4. The van der Waals surface area contributed by atoms with E-state index in [0.717, 1.165) is 0 Å². The number of rotatable bonds is 5. The summed E-state index contributed by atoms with van der Waals surface area (Å²) in [6.07, 6.45) is 2.75. The van der Waals surface area contributed by atoms with E-state index in [0.29, 0.717) is 0 Å². The van der Waals surface area contributed by atoms with Gasteiger partial charge in [0.15, 0.2) is 11.5 Å². The third kappa shape index (κ3) is 3.58. The molecule has 0 saturated carbocycles. The van der Waals surface area contributed by atoms with E-state index in [1.165, 1.54) is 19.1 Å². The predicted molar refractivity (Wildman–Crippen MR) is 44.1 cm³/mol. The van der Waals surface area contributed by atoms with E-state index < -0.39 is 0 Å². The van der Waals surface area contributed by atoms with Crippen LogP contribution in [0.1, 0.15) is 6.92 Å². The van der Waals surface area contributed by atoms with Gasteiger partial charge in [0.2, 0.25) is 5.88 Å². The zero-order valence-corrected chi connectivity index (χ0v) is 6.83. The zero-order chi connectivity index (χ0) is 9.56. The average Bonchev–Trinajstić information content (AvgIpc) is 2.03. The van der Waals surface area contributed by atoms with Gasteiger partial charge in [-0.15, -0.1) is 0 Å².